The van der Waals surface area contributed by atoms with Crippen molar-refractivity contribution >= 4 is 9.84 Å². The Kier molecular flexibility index (Phi) is 4.31. The molecular weight excluding hydrogens is 266 g/mol. The van der Waals surface area contributed by atoms with E-state index in [4.69, 9.17) is 10.5 Å². The van der Waals surface area contributed by atoms with Gasteiger partial charge in [0.05, 0.1) is 11.5 Å². The molecule has 1 aliphatic heterocycles. The quantitative estimate of drug-likeness (QED) is 0.858. The Morgan fingerprint density at radius 1 is 1.32 bits per heavy atom. The first-order valence-electron chi connectivity index (χ1n) is 6.35. The molecule has 3 N–H and O–H groups in total. The maximum absolute atomic E-state index is 11.3. The van der Waals surface area contributed by atoms with Gasteiger partial charge in [0.15, 0.2) is 11.5 Å². The standard InChI is InChI=1S/C13H19NO4S/c14-11(10-5-7-19(16,17)8-6-10)9-18-13-4-2-1-3-12(13)15/h1-4,10-11,15H,5-9,14H2. The van der Waals surface area contributed by atoms with Crippen molar-refractivity contribution in [1.82, 2.24) is 0 Å². The average molecular weight is 285 g/mol. The molecule has 1 aromatic carbocycles. The zero-order valence-corrected chi connectivity index (χ0v) is 11.5. The molecule has 19 heavy (non-hydrogen) atoms. The van der Waals surface area contributed by atoms with E-state index in [2.05, 4.69) is 0 Å². The molecule has 1 saturated heterocycles. The van der Waals surface area contributed by atoms with Crippen molar-refractivity contribution in [1.29, 1.82) is 0 Å². The van der Waals surface area contributed by atoms with Crippen molar-refractivity contribution in [3.63, 3.8) is 0 Å². The van der Waals surface area contributed by atoms with E-state index < -0.39 is 9.84 Å². The van der Waals surface area contributed by atoms with E-state index in [-0.39, 0.29) is 35.8 Å². The number of phenols is 1. The molecule has 5 nitrogen and oxygen atoms in total. The van der Waals surface area contributed by atoms with Crippen LogP contribution < -0.4 is 10.5 Å². The van der Waals surface area contributed by atoms with Gasteiger partial charge in [-0.25, -0.2) is 8.42 Å². The smallest absolute Gasteiger partial charge is 0.160 e. The lowest BCUT2D eigenvalue weighted by molar-refractivity contribution is 0.230. The summed E-state index contributed by atoms with van der Waals surface area (Å²) < 4.78 is 28.2. The maximum Gasteiger partial charge on any atom is 0.160 e. The number of para-hydroxylation sites is 2. The topological polar surface area (TPSA) is 89.6 Å². The Labute approximate surface area is 113 Å². The monoisotopic (exact) mass is 285 g/mol. The lowest BCUT2D eigenvalue weighted by atomic mass is 9.95. The van der Waals surface area contributed by atoms with Crippen molar-refractivity contribution in [3.05, 3.63) is 24.3 Å². The molecule has 0 bridgehead atoms. The van der Waals surface area contributed by atoms with Crippen LogP contribution >= 0.6 is 0 Å². The number of nitrogens with two attached hydrogens (primary N) is 1. The fourth-order valence-corrected chi connectivity index (χ4v) is 3.77. The van der Waals surface area contributed by atoms with Crippen LogP contribution in [0.25, 0.3) is 0 Å². The van der Waals surface area contributed by atoms with Gasteiger partial charge in [-0.2, -0.15) is 0 Å². The van der Waals surface area contributed by atoms with E-state index in [1.165, 1.54) is 0 Å². The van der Waals surface area contributed by atoms with Gasteiger partial charge in [0, 0.05) is 6.04 Å². The summed E-state index contributed by atoms with van der Waals surface area (Å²) in [6, 6.07) is 6.50. The van der Waals surface area contributed by atoms with Crippen LogP contribution in [0.3, 0.4) is 0 Å². The number of hydrogen-bond donors (Lipinski definition) is 2. The first kappa shape index (κ1) is 14.1. The van der Waals surface area contributed by atoms with E-state index in [1.807, 2.05) is 0 Å². The molecular formula is C13H19NO4S. The third-order valence-corrected chi connectivity index (χ3v) is 5.22. The molecule has 1 fully saturated rings. The van der Waals surface area contributed by atoms with Crippen LogP contribution in [0.5, 0.6) is 11.5 Å². The van der Waals surface area contributed by atoms with Crippen LogP contribution in [0.1, 0.15) is 12.8 Å². The normalized spacial score (nSPS) is 20.9. The molecule has 0 radical (unpaired) electrons. The van der Waals surface area contributed by atoms with Gasteiger partial charge in [-0.3, -0.25) is 0 Å². The van der Waals surface area contributed by atoms with Crippen LogP contribution in [-0.4, -0.2) is 37.7 Å². The number of phenolic OH excluding ortho intramolecular Hbond substituents is 1. The predicted octanol–water partition coefficient (Wildman–Crippen LogP) is 0.923. The third-order valence-electron chi connectivity index (χ3n) is 3.50. The first-order valence-corrected chi connectivity index (χ1v) is 8.17. The van der Waals surface area contributed by atoms with Crippen LogP contribution in [0.4, 0.5) is 0 Å². The Balaban J connectivity index is 1.85. The molecule has 0 aliphatic carbocycles. The fourth-order valence-electron chi connectivity index (χ4n) is 2.24. The minimum absolute atomic E-state index is 0.0842. The number of ether oxygens (including phenoxy) is 1. The van der Waals surface area contributed by atoms with Crippen molar-refractivity contribution in [2.45, 2.75) is 18.9 Å². The number of hydrogen-bond acceptors (Lipinski definition) is 5. The summed E-state index contributed by atoms with van der Waals surface area (Å²) in [4.78, 5) is 0. The molecule has 1 atom stereocenters. The van der Waals surface area contributed by atoms with Crippen molar-refractivity contribution in [2.75, 3.05) is 18.1 Å². The number of rotatable bonds is 4. The van der Waals surface area contributed by atoms with E-state index in [0.717, 1.165) is 0 Å². The van der Waals surface area contributed by atoms with Gasteiger partial charge in [0.25, 0.3) is 0 Å². The van der Waals surface area contributed by atoms with Gasteiger partial charge >= 0.3 is 0 Å². The van der Waals surface area contributed by atoms with Crippen LogP contribution in [0.2, 0.25) is 0 Å². The highest BCUT2D eigenvalue weighted by Crippen LogP contribution is 2.26. The molecule has 6 heteroatoms. The van der Waals surface area contributed by atoms with Crippen molar-refractivity contribution in [2.24, 2.45) is 11.7 Å². The van der Waals surface area contributed by atoms with E-state index in [9.17, 15) is 13.5 Å². The van der Waals surface area contributed by atoms with Crippen molar-refractivity contribution < 1.29 is 18.3 Å². The molecule has 1 aromatic rings. The lowest BCUT2D eigenvalue weighted by Crippen LogP contribution is -2.40. The van der Waals surface area contributed by atoms with Crippen LogP contribution in [-0.2, 0) is 9.84 Å². The van der Waals surface area contributed by atoms with Crippen LogP contribution in [0.15, 0.2) is 24.3 Å². The summed E-state index contributed by atoms with van der Waals surface area (Å²) in [5, 5.41) is 9.56. The average Bonchev–Trinajstić information content (AvgIpc) is 2.37. The molecule has 0 spiro atoms. The van der Waals surface area contributed by atoms with E-state index >= 15 is 0 Å². The van der Waals surface area contributed by atoms with Gasteiger partial charge in [0.2, 0.25) is 0 Å². The summed E-state index contributed by atoms with van der Waals surface area (Å²) >= 11 is 0. The highest BCUT2D eigenvalue weighted by atomic mass is 32.2. The summed E-state index contributed by atoms with van der Waals surface area (Å²) in [7, 11) is -2.86. The summed E-state index contributed by atoms with van der Waals surface area (Å²) in [6.45, 7) is 0.280. The molecule has 106 valence electrons. The number of sulfone groups is 1. The van der Waals surface area contributed by atoms with E-state index in [0.29, 0.717) is 18.6 Å². The minimum Gasteiger partial charge on any atom is -0.504 e. The molecule has 1 heterocycles. The highest BCUT2D eigenvalue weighted by molar-refractivity contribution is 7.91. The molecule has 2 rings (SSSR count). The zero-order valence-electron chi connectivity index (χ0n) is 10.7. The SMILES string of the molecule is NC(COc1ccccc1O)C1CCS(=O)(=O)CC1. The van der Waals surface area contributed by atoms with Gasteiger partial charge in [-0.1, -0.05) is 12.1 Å². The second kappa shape index (κ2) is 5.79. The van der Waals surface area contributed by atoms with Gasteiger partial charge in [0.1, 0.15) is 16.4 Å². The summed E-state index contributed by atoms with van der Waals surface area (Å²) in [5.41, 5.74) is 6.03. The predicted molar refractivity (Wildman–Crippen MR) is 73.0 cm³/mol. The number of aromatic hydroxyl groups is 1. The Hall–Kier alpha value is -1.27. The van der Waals surface area contributed by atoms with Crippen molar-refractivity contribution in [3.8, 4) is 11.5 Å². The minimum atomic E-state index is -2.86. The second-order valence-electron chi connectivity index (χ2n) is 4.93. The lowest BCUT2D eigenvalue weighted by Gasteiger charge is -2.27. The summed E-state index contributed by atoms with van der Waals surface area (Å²) in [6.07, 6.45) is 1.18. The Morgan fingerprint density at radius 2 is 1.95 bits per heavy atom. The van der Waals surface area contributed by atoms with Gasteiger partial charge in [-0.05, 0) is 30.9 Å². The Bertz CT molecular complexity index is 515. The van der Waals surface area contributed by atoms with Gasteiger partial charge < -0.3 is 15.6 Å². The summed E-state index contributed by atoms with van der Waals surface area (Å²) in [5.74, 6) is 1.07. The largest absolute Gasteiger partial charge is 0.504 e. The third kappa shape index (κ3) is 3.84. The second-order valence-corrected chi connectivity index (χ2v) is 7.24. The molecule has 0 amide bonds. The zero-order chi connectivity index (χ0) is 13.9. The molecule has 1 unspecified atom stereocenters. The number of benzene rings is 1. The van der Waals surface area contributed by atoms with Crippen LogP contribution in [0, 0.1) is 5.92 Å². The first-order chi connectivity index (χ1) is 8.98. The molecule has 0 aromatic heterocycles. The maximum atomic E-state index is 11.3. The van der Waals surface area contributed by atoms with Gasteiger partial charge in [-0.15, -0.1) is 0 Å². The molecule has 1 aliphatic rings. The Morgan fingerprint density at radius 3 is 2.58 bits per heavy atom. The fraction of sp³-hybridized carbons (Fsp3) is 0.538. The highest BCUT2D eigenvalue weighted by Gasteiger charge is 2.28. The van der Waals surface area contributed by atoms with E-state index in [1.54, 1.807) is 24.3 Å². The molecule has 0 saturated carbocycles.